The van der Waals surface area contributed by atoms with Crippen molar-refractivity contribution in [3.05, 3.63) is 28.2 Å². The summed E-state index contributed by atoms with van der Waals surface area (Å²) < 4.78 is 0.657. The highest BCUT2D eigenvalue weighted by Gasteiger charge is 2.18. The van der Waals surface area contributed by atoms with Gasteiger partial charge in [-0.25, -0.2) is 9.59 Å². The summed E-state index contributed by atoms with van der Waals surface area (Å²) in [5.41, 5.74) is 0.372. The van der Waals surface area contributed by atoms with Crippen LogP contribution >= 0.6 is 15.9 Å². The molecule has 19 heavy (non-hydrogen) atoms. The van der Waals surface area contributed by atoms with Gasteiger partial charge in [-0.3, -0.25) is 0 Å². The van der Waals surface area contributed by atoms with Crippen LogP contribution in [0.2, 0.25) is 0 Å². The largest absolute Gasteiger partial charge is 0.478 e. The number of benzene rings is 1. The van der Waals surface area contributed by atoms with Crippen molar-refractivity contribution in [2.24, 2.45) is 0 Å². The summed E-state index contributed by atoms with van der Waals surface area (Å²) in [6, 6.07) is 4.47. The van der Waals surface area contributed by atoms with Gasteiger partial charge in [-0.05, 0) is 18.2 Å². The van der Waals surface area contributed by atoms with Gasteiger partial charge in [-0.15, -0.1) is 0 Å². The van der Waals surface area contributed by atoms with Gasteiger partial charge in [0, 0.05) is 30.7 Å². The molecule has 0 atom stereocenters. The fraction of sp³-hybridized carbons (Fsp3) is 0.333. The fourth-order valence-corrected chi connectivity index (χ4v) is 2.23. The van der Waals surface area contributed by atoms with Crippen LogP contribution in [0.15, 0.2) is 22.7 Å². The summed E-state index contributed by atoms with van der Waals surface area (Å²) in [5.74, 6) is -1.07. The van der Waals surface area contributed by atoms with Gasteiger partial charge in [-0.1, -0.05) is 15.9 Å². The van der Waals surface area contributed by atoms with Gasteiger partial charge in [-0.2, -0.15) is 0 Å². The Labute approximate surface area is 118 Å². The number of rotatable bonds is 2. The first-order valence-corrected chi connectivity index (χ1v) is 6.67. The van der Waals surface area contributed by atoms with Crippen LogP contribution in [0.1, 0.15) is 10.4 Å². The van der Waals surface area contributed by atoms with Crippen LogP contribution in [0.25, 0.3) is 0 Å². The molecule has 0 saturated carbocycles. The maximum absolute atomic E-state index is 12.0. The number of hydrogen-bond acceptors (Lipinski definition) is 3. The first kappa shape index (κ1) is 13.8. The van der Waals surface area contributed by atoms with Crippen LogP contribution in [0, 0.1) is 0 Å². The Morgan fingerprint density at radius 2 is 2.00 bits per heavy atom. The first-order chi connectivity index (χ1) is 9.08. The van der Waals surface area contributed by atoms with E-state index in [-0.39, 0.29) is 11.6 Å². The number of aromatic carboxylic acids is 1. The Bertz CT molecular complexity index is 501. The van der Waals surface area contributed by atoms with Gasteiger partial charge in [0.1, 0.15) is 0 Å². The molecule has 7 heteroatoms. The van der Waals surface area contributed by atoms with Crippen molar-refractivity contribution in [1.82, 2.24) is 10.2 Å². The van der Waals surface area contributed by atoms with E-state index in [4.69, 9.17) is 5.11 Å². The summed E-state index contributed by atoms with van der Waals surface area (Å²) in [7, 11) is 0. The Balaban J connectivity index is 2.13. The number of carbonyl (C=O) groups is 2. The molecule has 1 aromatic rings. The van der Waals surface area contributed by atoms with Crippen molar-refractivity contribution >= 4 is 33.6 Å². The van der Waals surface area contributed by atoms with E-state index in [1.165, 1.54) is 6.07 Å². The molecule has 0 unspecified atom stereocenters. The third-order valence-corrected chi connectivity index (χ3v) is 3.35. The van der Waals surface area contributed by atoms with E-state index in [9.17, 15) is 9.59 Å². The van der Waals surface area contributed by atoms with Crippen molar-refractivity contribution in [3.63, 3.8) is 0 Å². The molecule has 0 radical (unpaired) electrons. The number of amides is 2. The van der Waals surface area contributed by atoms with Crippen LogP contribution in [-0.4, -0.2) is 48.2 Å². The molecule has 0 aromatic heterocycles. The first-order valence-electron chi connectivity index (χ1n) is 5.87. The number of anilines is 1. The standard InChI is InChI=1S/C12H14BrN3O3/c13-8-1-2-10(9(7-8)11(17)18)15-12(19)16-5-3-14-4-6-16/h1-2,7,14H,3-6H2,(H,15,19)(H,17,18). The fourth-order valence-electron chi connectivity index (χ4n) is 1.86. The Morgan fingerprint density at radius 1 is 1.32 bits per heavy atom. The number of piperazine rings is 1. The topological polar surface area (TPSA) is 81.7 Å². The highest BCUT2D eigenvalue weighted by molar-refractivity contribution is 9.10. The lowest BCUT2D eigenvalue weighted by molar-refractivity contribution is 0.0698. The van der Waals surface area contributed by atoms with E-state index in [2.05, 4.69) is 26.6 Å². The van der Waals surface area contributed by atoms with E-state index in [0.717, 1.165) is 13.1 Å². The second-order valence-corrected chi connectivity index (χ2v) is 5.08. The third kappa shape index (κ3) is 3.45. The van der Waals surface area contributed by atoms with Gasteiger partial charge in [0.25, 0.3) is 0 Å². The van der Waals surface area contributed by atoms with Crippen LogP contribution in [0.5, 0.6) is 0 Å². The van der Waals surface area contributed by atoms with E-state index in [1.807, 2.05) is 0 Å². The van der Waals surface area contributed by atoms with E-state index in [1.54, 1.807) is 17.0 Å². The Morgan fingerprint density at radius 3 is 2.63 bits per heavy atom. The zero-order valence-corrected chi connectivity index (χ0v) is 11.7. The third-order valence-electron chi connectivity index (χ3n) is 2.86. The zero-order chi connectivity index (χ0) is 13.8. The number of nitrogens with one attached hydrogen (secondary N) is 2. The van der Waals surface area contributed by atoms with Gasteiger partial charge >= 0.3 is 12.0 Å². The number of halogens is 1. The van der Waals surface area contributed by atoms with Crippen molar-refractivity contribution in [3.8, 4) is 0 Å². The SMILES string of the molecule is O=C(O)c1cc(Br)ccc1NC(=O)N1CCNCC1. The smallest absolute Gasteiger partial charge is 0.337 e. The van der Waals surface area contributed by atoms with Crippen LogP contribution < -0.4 is 10.6 Å². The minimum absolute atomic E-state index is 0.0675. The minimum Gasteiger partial charge on any atom is -0.478 e. The van der Waals surface area contributed by atoms with Crippen molar-refractivity contribution in [2.75, 3.05) is 31.5 Å². The molecule has 0 aliphatic carbocycles. The zero-order valence-electron chi connectivity index (χ0n) is 10.1. The molecule has 1 heterocycles. The van der Waals surface area contributed by atoms with Crippen molar-refractivity contribution < 1.29 is 14.7 Å². The normalized spacial score (nSPS) is 15.1. The quantitative estimate of drug-likeness (QED) is 0.770. The number of nitrogens with zero attached hydrogens (tertiary/aromatic N) is 1. The molecule has 1 aromatic carbocycles. The Kier molecular flexibility index (Phi) is 4.39. The number of carboxylic acid groups (broad SMARTS) is 1. The molecule has 1 aliphatic heterocycles. The molecule has 2 rings (SSSR count). The van der Waals surface area contributed by atoms with Gasteiger partial charge in [0.2, 0.25) is 0 Å². The predicted molar refractivity (Wildman–Crippen MR) is 74.6 cm³/mol. The summed E-state index contributed by atoms with van der Waals surface area (Å²) in [6.45, 7) is 2.73. The lowest BCUT2D eigenvalue weighted by Crippen LogP contribution is -2.48. The molecule has 6 nitrogen and oxygen atoms in total. The summed E-state index contributed by atoms with van der Waals surface area (Å²) in [4.78, 5) is 24.8. The molecule has 1 saturated heterocycles. The van der Waals surface area contributed by atoms with Gasteiger partial charge < -0.3 is 20.6 Å². The monoisotopic (exact) mass is 327 g/mol. The number of urea groups is 1. The lowest BCUT2D eigenvalue weighted by Gasteiger charge is -2.27. The molecule has 1 fully saturated rings. The van der Waals surface area contributed by atoms with Crippen molar-refractivity contribution in [2.45, 2.75) is 0 Å². The minimum atomic E-state index is -1.07. The lowest BCUT2D eigenvalue weighted by atomic mass is 10.2. The number of carboxylic acids is 1. The summed E-state index contributed by atoms with van der Waals surface area (Å²) in [6.07, 6.45) is 0. The van der Waals surface area contributed by atoms with Crippen LogP contribution in [0.4, 0.5) is 10.5 Å². The second kappa shape index (κ2) is 6.03. The maximum atomic E-state index is 12.0. The van der Waals surface area contributed by atoms with E-state index >= 15 is 0 Å². The van der Waals surface area contributed by atoms with E-state index in [0.29, 0.717) is 23.2 Å². The molecular weight excluding hydrogens is 314 g/mol. The van der Waals surface area contributed by atoms with Gasteiger partial charge in [0.05, 0.1) is 11.3 Å². The molecular formula is C12H14BrN3O3. The highest BCUT2D eigenvalue weighted by atomic mass is 79.9. The molecule has 2 amide bonds. The Hall–Kier alpha value is -1.60. The second-order valence-electron chi connectivity index (χ2n) is 4.16. The van der Waals surface area contributed by atoms with Crippen LogP contribution in [-0.2, 0) is 0 Å². The predicted octanol–water partition coefficient (Wildman–Crippen LogP) is 1.58. The molecule has 0 bridgehead atoms. The number of hydrogen-bond donors (Lipinski definition) is 3. The molecule has 0 spiro atoms. The molecule has 3 N–H and O–H groups in total. The van der Waals surface area contributed by atoms with E-state index < -0.39 is 5.97 Å². The molecule has 102 valence electrons. The van der Waals surface area contributed by atoms with Crippen LogP contribution in [0.3, 0.4) is 0 Å². The summed E-state index contributed by atoms with van der Waals surface area (Å²) >= 11 is 3.21. The average molecular weight is 328 g/mol. The average Bonchev–Trinajstić information content (AvgIpc) is 2.41. The molecule has 1 aliphatic rings. The summed E-state index contributed by atoms with van der Waals surface area (Å²) in [5, 5.41) is 14.9. The van der Waals surface area contributed by atoms with Crippen molar-refractivity contribution in [1.29, 1.82) is 0 Å². The van der Waals surface area contributed by atoms with Gasteiger partial charge in [0.15, 0.2) is 0 Å². The maximum Gasteiger partial charge on any atom is 0.337 e. The highest BCUT2D eigenvalue weighted by Crippen LogP contribution is 2.21. The number of carbonyl (C=O) groups excluding carboxylic acids is 1.